The van der Waals surface area contributed by atoms with Gasteiger partial charge in [0.1, 0.15) is 16.9 Å². The number of ether oxygens (including phenoxy) is 2. The molecule has 6 nitrogen and oxygen atoms in total. The summed E-state index contributed by atoms with van der Waals surface area (Å²) in [5.41, 5.74) is 1.34. The van der Waals surface area contributed by atoms with Crippen LogP contribution >= 0.6 is 11.3 Å². The van der Waals surface area contributed by atoms with Crippen molar-refractivity contribution in [3.8, 4) is 11.6 Å². The molecule has 1 aliphatic carbocycles. The van der Waals surface area contributed by atoms with E-state index in [0.717, 1.165) is 29.5 Å². The van der Waals surface area contributed by atoms with E-state index < -0.39 is 12.5 Å². The normalized spacial score (nSPS) is 13.0. The molecule has 9 heteroatoms. The number of aromatic nitrogens is 2. The highest BCUT2D eigenvalue weighted by Crippen LogP contribution is 2.39. The average Bonchev–Trinajstić information content (AvgIpc) is 3.22. The van der Waals surface area contributed by atoms with Crippen LogP contribution in [0.1, 0.15) is 16.9 Å². The number of fused-ring (bicyclic) bond motifs is 3. The van der Waals surface area contributed by atoms with Crippen molar-refractivity contribution in [3.05, 3.63) is 41.0 Å². The van der Waals surface area contributed by atoms with Crippen LogP contribution in [0.5, 0.6) is 11.6 Å². The number of carbonyl (C=O) groups excluding carboxylic acids is 1. The predicted octanol–water partition coefficient (Wildman–Crippen LogP) is 3.80. The first-order chi connectivity index (χ1) is 13.1. The smallest absolute Gasteiger partial charge is 0.387 e. The Balaban J connectivity index is 1.47. The van der Waals surface area contributed by atoms with Crippen molar-refractivity contribution in [2.24, 2.45) is 0 Å². The highest BCUT2D eigenvalue weighted by molar-refractivity contribution is 7.18. The van der Waals surface area contributed by atoms with E-state index in [1.165, 1.54) is 28.9 Å². The molecule has 2 aromatic heterocycles. The molecule has 4 rings (SSSR count). The third-order valence-corrected chi connectivity index (χ3v) is 5.38. The Kier molecular flexibility index (Phi) is 4.85. The molecule has 0 bridgehead atoms. The van der Waals surface area contributed by atoms with Crippen LogP contribution in [0, 0.1) is 0 Å². The number of benzene rings is 1. The van der Waals surface area contributed by atoms with Gasteiger partial charge in [-0.2, -0.15) is 8.78 Å². The number of nitrogens with zero attached hydrogens (tertiary/aromatic N) is 2. The van der Waals surface area contributed by atoms with Crippen molar-refractivity contribution in [2.75, 3.05) is 11.9 Å². The van der Waals surface area contributed by atoms with Gasteiger partial charge in [0.15, 0.2) is 6.61 Å². The fraction of sp³-hybridized carbons (Fsp3) is 0.278. The number of hydrogen-bond donors (Lipinski definition) is 1. The van der Waals surface area contributed by atoms with Crippen molar-refractivity contribution in [1.82, 2.24) is 9.97 Å². The topological polar surface area (TPSA) is 73.3 Å². The zero-order valence-corrected chi connectivity index (χ0v) is 14.9. The number of rotatable bonds is 6. The molecule has 0 radical (unpaired) electrons. The summed E-state index contributed by atoms with van der Waals surface area (Å²) in [6.45, 7) is -3.28. The highest BCUT2D eigenvalue weighted by Gasteiger charge is 2.22. The van der Waals surface area contributed by atoms with Gasteiger partial charge in [-0.25, -0.2) is 9.97 Å². The summed E-state index contributed by atoms with van der Waals surface area (Å²) in [7, 11) is 0. The predicted molar refractivity (Wildman–Crippen MR) is 96.6 cm³/mol. The summed E-state index contributed by atoms with van der Waals surface area (Å²) < 4.78 is 34.9. The fourth-order valence-corrected chi connectivity index (χ4v) is 4.32. The number of thiophene rings is 1. The molecule has 2 heterocycles. The first-order valence-electron chi connectivity index (χ1n) is 8.33. The van der Waals surface area contributed by atoms with Crippen LogP contribution in [0.2, 0.25) is 0 Å². The number of anilines is 1. The second-order valence-electron chi connectivity index (χ2n) is 5.93. The molecule has 1 aliphatic rings. The number of aryl methyl sites for hydroxylation is 2. The summed E-state index contributed by atoms with van der Waals surface area (Å²) >= 11 is 1.63. The molecule has 0 saturated carbocycles. The van der Waals surface area contributed by atoms with Crippen LogP contribution in [-0.4, -0.2) is 29.1 Å². The molecule has 0 saturated heterocycles. The molecular formula is C18H15F2N3O3S. The quantitative estimate of drug-likeness (QED) is 0.692. The molecule has 140 valence electrons. The lowest BCUT2D eigenvalue weighted by Gasteiger charge is -2.12. The number of carbonyl (C=O) groups is 1. The fourth-order valence-electron chi connectivity index (χ4n) is 3.10. The van der Waals surface area contributed by atoms with Crippen molar-refractivity contribution in [2.45, 2.75) is 25.9 Å². The minimum absolute atomic E-state index is 0.110. The zero-order valence-electron chi connectivity index (χ0n) is 14.1. The highest BCUT2D eigenvalue weighted by atomic mass is 32.1. The third-order valence-electron chi connectivity index (χ3n) is 4.18. The molecular weight excluding hydrogens is 376 g/mol. The number of halogens is 2. The standard InChI is InChI=1S/C18H15F2N3O3S/c19-18(20)26-12-6-2-1-5-11(12)23-14(24)8-25-16-15-10-4-3-7-13(10)27-17(15)22-9-21-16/h1-2,5-6,9,18H,3-4,7-8H2,(H,23,24). The Morgan fingerprint density at radius 1 is 1.26 bits per heavy atom. The maximum Gasteiger partial charge on any atom is 0.387 e. The first-order valence-corrected chi connectivity index (χ1v) is 9.15. The van der Waals surface area contributed by atoms with E-state index in [4.69, 9.17) is 4.74 Å². The second kappa shape index (κ2) is 7.43. The SMILES string of the molecule is O=C(COc1ncnc2sc3c(c12)CCC3)Nc1ccccc1OC(F)F. The molecule has 1 aromatic carbocycles. The van der Waals surface area contributed by atoms with E-state index in [1.807, 2.05) is 0 Å². The molecule has 0 unspecified atom stereocenters. The van der Waals surface area contributed by atoms with Gasteiger partial charge >= 0.3 is 6.61 Å². The third kappa shape index (κ3) is 3.68. The van der Waals surface area contributed by atoms with Crippen LogP contribution < -0.4 is 14.8 Å². The lowest BCUT2D eigenvalue weighted by molar-refractivity contribution is -0.118. The summed E-state index contributed by atoms with van der Waals surface area (Å²) in [5, 5.41) is 3.38. The van der Waals surface area contributed by atoms with E-state index in [2.05, 4.69) is 20.0 Å². The van der Waals surface area contributed by atoms with Gasteiger partial charge in [-0.3, -0.25) is 4.79 Å². The van der Waals surface area contributed by atoms with Crippen molar-refractivity contribution >= 4 is 33.1 Å². The Hall–Kier alpha value is -2.81. The van der Waals surface area contributed by atoms with E-state index >= 15 is 0 Å². The molecule has 1 N–H and O–H groups in total. The number of para-hydroxylation sites is 2. The zero-order chi connectivity index (χ0) is 18.8. The van der Waals surface area contributed by atoms with Crippen molar-refractivity contribution in [1.29, 1.82) is 0 Å². The summed E-state index contributed by atoms with van der Waals surface area (Å²) in [4.78, 5) is 22.8. The lowest BCUT2D eigenvalue weighted by Crippen LogP contribution is -2.21. The van der Waals surface area contributed by atoms with Crippen LogP contribution in [0.25, 0.3) is 10.2 Å². The Labute approximate surface area is 157 Å². The van der Waals surface area contributed by atoms with Gasteiger partial charge in [-0.15, -0.1) is 11.3 Å². The van der Waals surface area contributed by atoms with Gasteiger partial charge in [0.25, 0.3) is 5.91 Å². The van der Waals surface area contributed by atoms with Gasteiger partial charge < -0.3 is 14.8 Å². The molecule has 0 fully saturated rings. The summed E-state index contributed by atoms with van der Waals surface area (Å²) in [6, 6.07) is 5.98. The number of amides is 1. The molecule has 0 atom stereocenters. The maximum absolute atomic E-state index is 12.5. The molecule has 0 aliphatic heterocycles. The lowest BCUT2D eigenvalue weighted by atomic mass is 10.2. The number of hydrogen-bond acceptors (Lipinski definition) is 6. The van der Waals surface area contributed by atoms with Crippen LogP contribution in [0.15, 0.2) is 30.6 Å². The van der Waals surface area contributed by atoms with Crippen molar-refractivity contribution < 1.29 is 23.0 Å². The Morgan fingerprint density at radius 2 is 2.11 bits per heavy atom. The largest absolute Gasteiger partial charge is 0.467 e. The number of nitrogens with one attached hydrogen (secondary N) is 1. The van der Waals surface area contributed by atoms with Crippen molar-refractivity contribution in [3.63, 3.8) is 0 Å². The first kappa shape index (κ1) is 17.6. The molecule has 3 aromatic rings. The van der Waals surface area contributed by atoms with E-state index in [0.29, 0.717) is 5.88 Å². The average molecular weight is 391 g/mol. The van der Waals surface area contributed by atoms with E-state index in [9.17, 15) is 13.6 Å². The Morgan fingerprint density at radius 3 is 2.96 bits per heavy atom. The van der Waals surface area contributed by atoms with Gasteiger partial charge in [-0.1, -0.05) is 12.1 Å². The monoisotopic (exact) mass is 391 g/mol. The summed E-state index contributed by atoms with van der Waals surface area (Å²) in [6.07, 6.45) is 4.47. The van der Waals surface area contributed by atoms with Gasteiger partial charge in [0, 0.05) is 4.88 Å². The maximum atomic E-state index is 12.5. The Bertz CT molecular complexity index is 993. The van der Waals surface area contributed by atoms with E-state index in [1.54, 1.807) is 23.5 Å². The van der Waals surface area contributed by atoms with Gasteiger partial charge in [-0.05, 0) is 37.0 Å². The van der Waals surface area contributed by atoms with Crippen LogP contribution in [0.3, 0.4) is 0 Å². The van der Waals surface area contributed by atoms with Crippen LogP contribution in [-0.2, 0) is 17.6 Å². The van der Waals surface area contributed by atoms with Gasteiger partial charge in [0.05, 0.1) is 11.1 Å². The molecule has 27 heavy (non-hydrogen) atoms. The van der Waals surface area contributed by atoms with E-state index in [-0.39, 0.29) is 18.0 Å². The molecule has 1 amide bonds. The van der Waals surface area contributed by atoms with Gasteiger partial charge in [0.2, 0.25) is 5.88 Å². The second-order valence-corrected chi connectivity index (χ2v) is 7.01. The number of alkyl halides is 2. The van der Waals surface area contributed by atoms with Crippen LogP contribution in [0.4, 0.5) is 14.5 Å². The minimum Gasteiger partial charge on any atom is -0.467 e. The summed E-state index contributed by atoms with van der Waals surface area (Å²) in [5.74, 6) is -0.244. The minimum atomic E-state index is -2.98. The molecule has 0 spiro atoms.